The van der Waals surface area contributed by atoms with Gasteiger partial charge in [-0.15, -0.1) is 0 Å². The molecule has 60 valence electrons. The summed E-state index contributed by atoms with van der Waals surface area (Å²) in [5.41, 5.74) is 0. The second-order valence-corrected chi connectivity index (χ2v) is 2.05. The third-order valence-electron chi connectivity index (χ3n) is 0.974. The third-order valence-corrected chi connectivity index (χ3v) is 1.31. The summed E-state index contributed by atoms with van der Waals surface area (Å²) in [6.07, 6.45) is 0. The molecule has 2 nitrogen and oxygen atoms in total. The van der Waals surface area contributed by atoms with Crippen molar-refractivity contribution < 1.29 is 18.3 Å². The molecule has 0 unspecified atom stereocenters. The number of hydrogen-bond donors (Lipinski definition) is 1. The van der Waals surface area contributed by atoms with Gasteiger partial charge in [-0.1, -0.05) is 11.6 Å². The Balaban J connectivity index is 3.46. The molecule has 0 radical (unpaired) electrons. The SMILES string of the molecule is Oc1c(F)c(F)nc(F)c1Cl. The van der Waals surface area contributed by atoms with Gasteiger partial charge in [-0.3, -0.25) is 0 Å². The Hall–Kier alpha value is -0.970. The molecule has 0 saturated carbocycles. The number of aromatic nitrogens is 1. The maximum Gasteiger partial charge on any atom is 0.255 e. The summed E-state index contributed by atoms with van der Waals surface area (Å²) in [6, 6.07) is 0. The Morgan fingerprint density at radius 3 is 2.27 bits per heavy atom. The molecule has 1 rings (SSSR count). The van der Waals surface area contributed by atoms with E-state index in [1.54, 1.807) is 0 Å². The Morgan fingerprint density at radius 2 is 1.73 bits per heavy atom. The van der Waals surface area contributed by atoms with Gasteiger partial charge in [-0.2, -0.15) is 18.2 Å². The Morgan fingerprint density at radius 1 is 1.18 bits per heavy atom. The highest BCUT2D eigenvalue weighted by Crippen LogP contribution is 2.28. The van der Waals surface area contributed by atoms with Gasteiger partial charge in [0.2, 0.25) is 11.8 Å². The topological polar surface area (TPSA) is 33.1 Å². The van der Waals surface area contributed by atoms with Crippen LogP contribution in [0.25, 0.3) is 0 Å². The van der Waals surface area contributed by atoms with Crippen molar-refractivity contribution in [3.05, 3.63) is 22.7 Å². The van der Waals surface area contributed by atoms with E-state index in [9.17, 15) is 13.2 Å². The number of aromatic hydroxyl groups is 1. The molecule has 0 aliphatic carbocycles. The minimum absolute atomic E-state index is 0.927. The fourth-order valence-corrected chi connectivity index (χ4v) is 0.601. The fraction of sp³-hybridized carbons (Fsp3) is 0. The van der Waals surface area contributed by atoms with Crippen molar-refractivity contribution in [2.24, 2.45) is 0 Å². The minimum Gasteiger partial charge on any atom is -0.504 e. The van der Waals surface area contributed by atoms with Crippen molar-refractivity contribution in [2.75, 3.05) is 0 Å². The van der Waals surface area contributed by atoms with Gasteiger partial charge in [0.1, 0.15) is 5.02 Å². The molecule has 0 amide bonds. The van der Waals surface area contributed by atoms with Crippen molar-refractivity contribution in [3.8, 4) is 5.75 Å². The van der Waals surface area contributed by atoms with E-state index in [4.69, 9.17) is 16.7 Å². The molecule has 0 aliphatic rings. The molecular weight excluding hydrogens is 183 g/mol. The van der Waals surface area contributed by atoms with E-state index in [0.717, 1.165) is 0 Å². The molecule has 0 spiro atoms. The average Bonchev–Trinajstić information content (AvgIpc) is 1.97. The third kappa shape index (κ3) is 1.23. The van der Waals surface area contributed by atoms with E-state index in [0.29, 0.717) is 0 Å². The molecular formula is C5HClF3NO. The number of halogens is 4. The van der Waals surface area contributed by atoms with Crippen LogP contribution in [0.4, 0.5) is 13.2 Å². The van der Waals surface area contributed by atoms with Crippen LogP contribution in [-0.4, -0.2) is 10.1 Å². The zero-order chi connectivity index (χ0) is 8.59. The summed E-state index contributed by atoms with van der Waals surface area (Å²) in [5, 5.41) is 7.61. The standard InChI is InChI=1S/C5HClF3NO/c6-1-3(11)2(7)5(9)10-4(1)8/h(H,10,11). The summed E-state index contributed by atoms with van der Waals surface area (Å²) >= 11 is 4.96. The lowest BCUT2D eigenvalue weighted by Gasteiger charge is -1.98. The van der Waals surface area contributed by atoms with Crippen molar-refractivity contribution in [3.63, 3.8) is 0 Å². The number of nitrogens with zero attached hydrogens (tertiary/aromatic N) is 1. The van der Waals surface area contributed by atoms with E-state index in [1.165, 1.54) is 0 Å². The molecule has 0 atom stereocenters. The number of rotatable bonds is 0. The van der Waals surface area contributed by atoms with E-state index in [2.05, 4.69) is 4.98 Å². The van der Waals surface area contributed by atoms with E-state index >= 15 is 0 Å². The predicted octanol–water partition coefficient (Wildman–Crippen LogP) is 1.86. The highest BCUT2D eigenvalue weighted by atomic mass is 35.5. The lowest BCUT2D eigenvalue weighted by molar-refractivity contribution is 0.380. The fourth-order valence-electron chi connectivity index (χ4n) is 0.476. The summed E-state index contributed by atoms with van der Waals surface area (Å²) in [7, 11) is 0. The molecule has 0 bridgehead atoms. The van der Waals surface area contributed by atoms with Crippen LogP contribution in [0.2, 0.25) is 5.02 Å². The number of pyridine rings is 1. The minimum atomic E-state index is -1.72. The molecule has 1 N–H and O–H groups in total. The van der Waals surface area contributed by atoms with Gasteiger partial charge in [0.25, 0.3) is 5.95 Å². The first-order valence-electron chi connectivity index (χ1n) is 2.43. The lowest BCUT2D eigenvalue weighted by atomic mass is 10.4. The maximum atomic E-state index is 12.2. The first-order chi connectivity index (χ1) is 5.04. The molecule has 0 saturated heterocycles. The second kappa shape index (κ2) is 2.58. The molecule has 0 aliphatic heterocycles. The van der Waals surface area contributed by atoms with Gasteiger partial charge in [0.15, 0.2) is 5.75 Å². The van der Waals surface area contributed by atoms with Crippen LogP contribution < -0.4 is 0 Å². The summed E-state index contributed by atoms with van der Waals surface area (Å²) in [5.74, 6) is -6.08. The Bertz CT molecular complexity index is 278. The van der Waals surface area contributed by atoms with Crippen molar-refractivity contribution in [2.45, 2.75) is 0 Å². The van der Waals surface area contributed by atoms with Crippen LogP contribution in [0.3, 0.4) is 0 Å². The average molecular weight is 184 g/mol. The summed E-state index contributed by atoms with van der Waals surface area (Å²) < 4.78 is 36.5. The van der Waals surface area contributed by atoms with Crippen LogP contribution in [0.15, 0.2) is 0 Å². The Kier molecular flexibility index (Phi) is 1.90. The first-order valence-corrected chi connectivity index (χ1v) is 2.80. The molecule has 1 aromatic rings. The van der Waals surface area contributed by atoms with Crippen LogP contribution in [-0.2, 0) is 0 Å². The molecule has 0 fully saturated rings. The highest BCUT2D eigenvalue weighted by molar-refractivity contribution is 6.32. The van der Waals surface area contributed by atoms with Gasteiger partial charge in [0.05, 0.1) is 0 Å². The number of hydrogen-bond acceptors (Lipinski definition) is 2. The second-order valence-electron chi connectivity index (χ2n) is 1.67. The lowest BCUT2D eigenvalue weighted by Crippen LogP contribution is -1.95. The van der Waals surface area contributed by atoms with Crippen LogP contribution in [0, 0.1) is 17.7 Å². The summed E-state index contributed by atoms with van der Waals surface area (Å²) in [6.45, 7) is 0. The van der Waals surface area contributed by atoms with Crippen LogP contribution >= 0.6 is 11.6 Å². The van der Waals surface area contributed by atoms with Gasteiger partial charge in [0, 0.05) is 0 Å². The van der Waals surface area contributed by atoms with Gasteiger partial charge >= 0.3 is 0 Å². The quantitative estimate of drug-likeness (QED) is 0.623. The molecule has 1 heterocycles. The molecule has 0 aromatic carbocycles. The van der Waals surface area contributed by atoms with E-state index in [1.807, 2.05) is 0 Å². The zero-order valence-electron chi connectivity index (χ0n) is 4.91. The zero-order valence-corrected chi connectivity index (χ0v) is 5.66. The van der Waals surface area contributed by atoms with Crippen molar-refractivity contribution in [1.82, 2.24) is 4.98 Å². The van der Waals surface area contributed by atoms with Gasteiger partial charge < -0.3 is 5.11 Å². The highest BCUT2D eigenvalue weighted by Gasteiger charge is 2.17. The first kappa shape index (κ1) is 8.13. The molecule has 6 heteroatoms. The normalized spacial score (nSPS) is 10.2. The smallest absolute Gasteiger partial charge is 0.255 e. The Labute approximate surface area is 64.2 Å². The van der Waals surface area contributed by atoms with E-state index in [-0.39, 0.29) is 0 Å². The van der Waals surface area contributed by atoms with Crippen molar-refractivity contribution in [1.29, 1.82) is 0 Å². The van der Waals surface area contributed by atoms with Gasteiger partial charge in [-0.05, 0) is 0 Å². The summed E-state index contributed by atoms with van der Waals surface area (Å²) in [4.78, 5) is 2.43. The molecule has 1 aromatic heterocycles. The van der Waals surface area contributed by atoms with Crippen LogP contribution in [0.5, 0.6) is 5.75 Å². The van der Waals surface area contributed by atoms with Crippen LogP contribution in [0.1, 0.15) is 0 Å². The maximum absolute atomic E-state index is 12.2. The molecule has 11 heavy (non-hydrogen) atoms. The largest absolute Gasteiger partial charge is 0.504 e. The monoisotopic (exact) mass is 183 g/mol. The van der Waals surface area contributed by atoms with E-state index < -0.39 is 28.5 Å². The predicted molar refractivity (Wildman–Crippen MR) is 30.8 cm³/mol. The van der Waals surface area contributed by atoms with Gasteiger partial charge in [-0.25, -0.2) is 0 Å². The van der Waals surface area contributed by atoms with Crippen molar-refractivity contribution >= 4 is 11.6 Å².